The van der Waals surface area contributed by atoms with E-state index >= 15 is 0 Å². The molecule has 1 saturated heterocycles. The molecule has 1 aromatic carbocycles. The van der Waals surface area contributed by atoms with Gasteiger partial charge in [-0.3, -0.25) is 0 Å². The predicted octanol–water partition coefficient (Wildman–Crippen LogP) is 2.25. The summed E-state index contributed by atoms with van der Waals surface area (Å²) in [6.07, 6.45) is -1.04. The van der Waals surface area contributed by atoms with E-state index in [1.54, 1.807) is 13.8 Å². The second-order valence-corrected chi connectivity index (χ2v) is 5.77. The lowest BCUT2D eigenvalue weighted by Crippen LogP contribution is -2.70. The molecule has 0 spiro atoms. The summed E-state index contributed by atoms with van der Waals surface area (Å²) in [5, 5.41) is 9.82. The van der Waals surface area contributed by atoms with E-state index < -0.39 is 29.2 Å². The SMILES string of the molecule is CCOC(=O)[C@@]1(c2ccccc2)O[C@H](C(C)O)C1(C)C. The molecule has 110 valence electrons. The Morgan fingerprint density at radius 3 is 2.45 bits per heavy atom. The first-order chi connectivity index (χ1) is 9.38. The van der Waals surface area contributed by atoms with Crippen molar-refractivity contribution in [1.29, 1.82) is 0 Å². The lowest BCUT2D eigenvalue weighted by Gasteiger charge is -2.60. The van der Waals surface area contributed by atoms with Crippen molar-refractivity contribution in [3.63, 3.8) is 0 Å². The molecule has 0 amide bonds. The molecule has 0 radical (unpaired) electrons. The van der Waals surface area contributed by atoms with Crippen LogP contribution in [-0.4, -0.2) is 29.9 Å². The number of aliphatic hydroxyl groups excluding tert-OH is 1. The fraction of sp³-hybridized carbons (Fsp3) is 0.562. The average Bonchev–Trinajstić information content (AvgIpc) is 2.39. The average molecular weight is 278 g/mol. The molecule has 0 saturated carbocycles. The van der Waals surface area contributed by atoms with Crippen LogP contribution in [0, 0.1) is 5.41 Å². The largest absolute Gasteiger partial charge is 0.464 e. The first-order valence-corrected chi connectivity index (χ1v) is 6.96. The highest BCUT2D eigenvalue weighted by Crippen LogP contribution is 2.57. The van der Waals surface area contributed by atoms with Crippen LogP contribution in [0.2, 0.25) is 0 Å². The Balaban J connectivity index is 2.46. The molecule has 4 nitrogen and oxygen atoms in total. The fourth-order valence-electron chi connectivity index (χ4n) is 3.11. The summed E-state index contributed by atoms with van der Waals surface area (Å²) in [6, 6.07) is 9.34. The Morgan fingerprint density at radius 1 is 1.40 bits per heavy atom. The second kappa shape index (κ2) is 5.19. The van der Waals surface area contributed by atoms with Crippen molar-refractivity contribution in [2.24, 2.45) is 5.41 Å². The summed E-state index contributed by atoms with van der Waals surface area (Å²) in [4.78, 5) is 12.5. The summed E-state index contributed by atoms with van der Waals surface area (Å²) in [7, 11) is 0. The smallest absolute Gasteiger partial charge is 0.343 e. The summed E-state index contributed by atoms with van der Waals surface area (Å²) >= 11 is 0. The van der Waals surface area contributed by atoms with Gasteiger partial charge in [0.25, 0.3) is 0 Å². The molecule has 0 aliphatic carbocycles. The van der Waals surface area contributed by atoms with Crippen molar-refractivity contribution < 1.29 is 19.4 Å². The van der Waals surface area contributed by atoms with Crippen LogP contribution in [0.25, 0.3) is 0 Å². The third-order valence-electron chi connectivity index (χ3n) is 4.10. The van der Waals surface area contributed by atoms with E-state index in [9.17, 15) is 9.90 Å². The van der Waals surface area contributed by atoms with Crippen LogP contribution in [0.5, 0.6) is 0 Å². The van der Waals surface area contributed by atoms with Gasteiger partial charge in [0.1, 0.15) is 0 Å². The maximum absolute atomic E-state index is 12.5. The lowest BCUT2D eigenvalue weighted by molar-refractivity contribution is -0.328. The Kier molecular flexibility index (Phi) is 3.89. The molecule has 1 N–H and O–H groups in total. The van der Waals surface area contributed by atoms with Crippen LogP contribution < -0.4 is 0 Å². The summed E-state index contributed by atoms with van der Waals surface area (Å²) in [6.45, 7) is 7.60. The highest BCUT2D eigenvalue weighted by molar-refractivity contribution is 5.84. The maximum atomic E-state index is 12.5. The standard InChI is InChI=1S/C16H22O4/c1-5-19-14(18)16(12-9-7-6-8-10-12)15(3,4)13(20-16)11(2)17/h6-11,13,17H,5H2,1-4H3/t11?,13-,16-/m1/s1. The number of carbonyl (C=O) groups excluding carboxylic acids is 1. The lowest BCUT2D eigenvalue weighted by atomic mass is 9.61. The highest BCUT2D eigenvalue weighted by Gasteiger charge is 2.69. The minimum atomic E-state index is -1.15. The van der Waals surface area contributed by atoms with Crippen LogP contribution in [0.15, 0.2) is 30.3 Å². The molecule has 1 aliphatic heterocycles. The topological polar surface area (TPSA) is 55.8 Å². The number of ether oxygens (including phenoxy) is 2. The van der Waals surface area contributed by atoms with Crippen molar-refractivity contribution in [2.75, 3.05) is 6.61 Å². The summed E-state index contributed by atoms with van der Waals surface area (Å²) < 4.78 is 11.1. The fourth-order valence-corrected chi connectivity index (χ4v) is 3.11. The maximum Gasteiger partial charge on any atom is 0.343 e. The van der Waals surface area contributed by atoms with Gasteiger partial charge in [-0.25, -0.2) is 4.79 Å². The number of aliphatic hydroxyl groups is 1. The number of carbonyl (C=O) groups is 1. The molecular weight excluding hydrogens is 256 g/mol. The first-order valence-electron chi connectivity index (χ1n) is 6.96. The van der Waals surface area contributed by atoms with E-state index in [0.717, 1.165) is 5.56 Å². The van der Waals surface area contributed by atoms with Gasteiger partial charge >= 0.3 is 5.97 Å². The van der Waals surface area contributed by atoms with Crippen LogP contribution in [0.4, 0.5) is 0 Å². The van der Waals surface area contributed by atoms with Gasteiger partial charge in [-0.2, -0.15) is 0 Å². The zero-order valence-corrected chi connectivity index (χ0v) is 12.4. The second-order valence-electron chi connectivity index (χ2n) is 5.77. The van der Waals surface area contributed by atoms with Gasteiger partial charge in [-0.05, 0) is 19.4 Å². The quantitative estimate of drug-likeness (QED) is 0.858. The molecule has 3 atom stereocenters. The Labute approximate surface area is 119 Å². The summed E-state index contributed by atoms with van der Waals surface area (Å²) in [5.74, 6) is -0.395. The van der Waals surface area contributed by atoms with Crippen molar-refractivity contribution in [2.45, 2.75) is 45.5 Å². The van der Waals surface area contributed by atoms with E-state index in [2.05, 4.69) is 0 Å². The molecule has 1 aromatic rings. The number of rotatable bonds is 4. The van der Waals surface area contributed by atoms with Gasteiger partial charge in [0, 0.05) is 5.41 Å². The third-order valence-corrected chi connectivity index (χ3v) is 4.10. The molecule has 20 heavy (non-hydrogen) atoms. The molecular formula is C16H22O4. The van der Waals surface area contributed by atoms with Crippen LogP contribution in [-0.2, 0) is 19.9 Å². The minimum Gasteiger partial charge on any atom is -0.464 e. The number of hydrogen-bond acceptors (Lipinski definition) is 4. The van der Waals surface area contributed by atoms with Gasteiger partial charge in [0.15, 0.2) is 5.60 Å². The Morgan fingerprint density at radius 2 is 2.00 bits per heavy atom. The van der Waals surface area contributed by atoms with Gasteiger partial charge < -0.3 is 14.6 Å². The highest BCUT2D eigenvalue weighted by atomic mass is 16.6. The van der Waals surface area contributed by atoms with Gasteiger partial charge in [0.05, 0.1) is 18.8 Å². The molecule has 1 heterocycles. The van der Waals surface area contributed by atoms with Gasteiger partial charge in [-0.1, -0.05) is 44.2 Å². The summed E-state index contributed by atoms with van der Waals surface area (Å²) in [5.41, 5.74) is -0.930. The van der Waals surface area contributed by atoms with E-state index in [0.29, 0.717) is 6.61 Å². The predicted molar refractivity (Wildman–Crippen MR) is 75.1 cm³/mol. The van der Waals surface area contributed by atoms with E-state index in [4.69, 9.17) is 9.47 Å². The van der Waals surface area contributed by atoms with E-state index in [1.165, 1.54) is 0 Å². The monoisotopic (exact) mass is 278 g/mol. The number of esters is 1. The minimum absolute atomic E-state index is 0.298. The molecule has 0 aromatic heterocycles. The first kappa shape index (κ1) is 15.0. The molecule has 1 fully saturated rings. The zero-order chi connectivity index (χ0) is 15.0. The number of benzene rings is 1. The van der Waals surface area contributed by atoms with E-state index in [-0.39, 0.29) is 0 Å². The zero-order valence-electron chi connectivity index (χ0n) is 12.4. The number of hydrogen-bond donors (Lipinski definition) is 1. The van der Waals surface area contributed by atoms with Crippen LogP contribution >= 0.6 is 0 Å². The third kappa shape index (κ3) is 1.95. The van der Waals surface area contributed by atoms with Crippen molar-refractivity contribution in [3.05, 3.63) is 35.9 Å². The molecule has 4 heteroatoms. The van der Waals surface area contributed by atoms with Crippen LogP contribution in [0.3, 0.4) is 0 Å². The Bertz CT molecular complexity index is 481. The van der Waals surface area contributed by atoms with Crippen molar-refractivity contribution >= 4 is 5.97 Å². The Hall–Kier alpha value is -1.39. The van der Waals surface area contributed by atoms with E-state index in [1.807, 2.05) is 44.2 Å². The molecule has 1 unspecified atom stereocenters. The molecule has 0 bridgehead atoms. The van der Waals surface area contributed by atoms with Crippen molar-refractivity contribution in [1.82, 2.24) is 0 Å². The van der Waals surface area contributed by atoms with Crippen LogP contribution in [0.1, 0.15) is 33.3 Å². The molecule has 2 rings (SSSR count). The van der Waals surface area contributed by atoms with Gasteiger partial charge in [0.2, 0.25) is 0 Å². The molecule has 1 aliphatic rings. The van der Waals surface area contributed by atoms with Gasteiger partial charge in [-0.15, -0.1) is 0 Å². The van der Waals surface area contributed by atoms with Crippen molar-refractivity contribution in [3.8, 4) is 0 Å². The normalized spacial score (nSPS) is 29.4.